The summed E-state index contributed by atoms with van der Waals surface area (Å²) < 4.78 is 10.9. The zero-order chi connectivity index (χ0) is 14.5. The van der Waals surface area contributed by atoms with Gasteiger partial charge in [-0.05, 0) is 25.0 Å². The van der Waals surface area contributed by atoms with E-state index in [0.717, 1.165) is 16.9 Å². The molecule has 1 fully saturated rings. The van der Waals surface area contributed by atoms with E-state index in [2.05, 4.69) is 0 Å². The first-order chi connectivity index (χ1) is 9.63. The van der Waals surface area contributed by atoms with Crippen LogP contribution in [0.1, 0.15) is 11.1 Å². The summed E-state index contributed by atoms with van der Waals surface area (Å²) in [5, 5.41) is 9.27. The molecular formula is C15H21NO4. The van der Waals surface area contributed by atoms with Gasteiger partial charge in [-0.25, -0.2) is 0 Å². The third-order valence-corrected chi connectivity index (χ3v) is 3.51. The van der Waals surface area contributed by atoms with Crippen LogP contribution >= 0.6 is 0 Å². The molecular weight excluding hydrogens is 258 g/mol. The van der Waals surface area contributed by atoms with Gasteiger partial charge in [0.25, 0.3) is 5.91 Å². The quantitative estimate of drug-likeness (QED) is 0.889. The molecule has 0 aliphatic carbocycles. The van der Waals surface area contributed by atoms with E-state index >= 15 is 0 Å². The number of benzene rings is 1. The summed E-state index contributed by atoms with van der Waals surface area (Å²) >= 11 is 0. The molecule has 5 nitrogen and oxygen atoms in total. The van der Waals surface area contributed by atoms with Crippen molar-refractivity contribution in [3.63, 3.8) is 0 Å². The van der Waals surface area contributed by atoms with Crippen molar-refractivity contribution in [1.29, 1.82) is 0 Å². The van der Waals surface area contributed by atoms with Crippen molar-refractivity contribution in [3.05, 3.63) is 29.3 Å². The third kappa shape index (κ3) is 3.29. The monoisotopic (exact) mass is 279 g/mol. The van der Waals surface area contributed by atoms with E-state index < -0.39 is 0 Å². The Labute approximate surface area is 119 Å². The maximum absolute atomic E-state index is 12.2. The molecule has 0 spiro atoms. The number of ether oxygens (including phenoxy) is 2. The van der Waals surface area contributed by atoms with Crippen LogP contribution in [0.2, 0.25) is 0 Å². The number of amides is 1. The Hall–Kier alpha value is -1.59. The van der Waals surface area contributed by atoms with Crippen LogP contribution in [0.5, 0.6) is 5.75 Å². The number of morpholine rings is 1. The Morgan fingerprint density at radius 3 is 2.80 bits per heavy atom. The van der Waals surface area contributed by atoms with E-state index in [-0.39, 0.29) is 25.2 Å². The second-order valence-corrected chi connectivity index (χ2v) is 5.01. The minimum absolute atomic E-state index is 0.0117. The highest BCUT2D eigenvalue weighted by atomic mass is 16.5. The Kier molecular flexibility index (Phi) is 4.98. The van der Waals surface area contributed by atoms with Crippen molar-refractivity contribution in [2.24, 2.45) is 0 Å². The normalized spacial score (nSPS) is 18.9. The molecule has 1 aromatic carbocycles. The van der Waals surface area contributed by atoms with Gasteiger partial charge in [0, 0.05) is 6.54 Å². The molecule has 0 bridgehead atoms. The summed E-state index contributed by atoms with van der Waals surface area (Å²) in [4.78, 5) is 13.8. The Morgan fingerprint density at radius 1 is 1.45 bits per heavy atom. The smallest absolute Gasteiger partial charge is 0.260 e. The van der Waals surface area contributed by atoms with Crippen molar-refractivity contribution >= 4 is 5.91 Å². The lowest BCUT2D eigenvalue weighted by Gasteiger charge is -2.34. The fourth-order valence-corrected chi connectivity index (χ4v) is 2.38. The minimum atomic E-state index is -0.266. The first-order valence-electron chi connectivity index (χ1n) is 6.80. The first kappa shape index (κ1) is 14.8. The van der Waals surface area contributed by atoms with Gasteiger partial charge in [0.1, 0.15) is 5.75 Å². The van der Waals surface area contributed by atoms with Gasteiger partial charge < -0.3 is 19.5 Å². The lowest BCUT2D eigenvalue weighted by atomic mass is 10.1. The number of hydrogen-bond acceptors (Lipinski definition) is 4. The average molecular weight is 279 g/mol. The van der Waals surface area contributed by atoms with Crippen molar-refractivity contribution in [1.82, 2.24) is 4.90 Å². The van der Waals surface area contributed by atoms with Crippen LogP contribution in [-0.2, 0) is 9.53 Å². The molecule has 0 saturated carbocycles. The minimum Gasteiger partial charge on any atom is -0.483 e. The van der Waals surface area contributed by atoms with Crippen molar-refractivity contribution in [2.45, 2.75) is 19.9 Å². The molecule has 0 radical (unpaired) electrons. The van der Waals surface area contributed by atoms with Gasteiger partial charge in [-0.2, -0.15) is 0 Å². The fourth-order valence-electron chi connectivity index (χ4n) is 2.38. The van der Waals surface area contributed by atoms with E-state index in [1.165, 1.54) is 0 Å². The number of aryl methyl sites for hydroxylation is 2. The SMILES string of the molecule is Cc1cccc(C)c1OCC(=O)N1CCOCC1CO. The molecule has 110 valence electrons. The van der Waals surface area contributed by atoms with Crippen LogP contribution in [0.3, 0.4) is 0 Å². The predicted octanol–water partition coefficient (Wildman–Crippen LogP) is 0.902. The Bertz CT molecular complexity index is 455. The van der Waals surface area contributed by atoms with E-state index in [9.17, 15) is 9.90 Å². The van der Waals surface area contributed by atoms with Gasteiger partial charge in [0.15, 0.2) is 6.61 Å². The van der Waals surface area contributed by atoms with E-state index in [1.807, 2.05) is 32.0 Å². The summed E-state index contributed by atoms with van der Waals surface area (Å²) in [5.41, 5.74) is 2.02. The zero-order valence-electron chi connectivity index (χ0n) is 12.0. The second-order valence-electron chi connectivity index (χ2n) is 5.01. The van der Waals surface area contributed by atoms with E-state index in [1.54, 1.807) is 4.90 Å². The molecule has 2 rings (SSSR count). The molecule has 1 N–H and O–H groups in total. The number of aliphatic hydroxyl groups is 1. The van der Waals surface area contributed by atoms with Gasteiger partial charge in [0.05, 0.1) is 25.9 Å². The molecule has 1 saturated heterocycles. The predicted molar refractivity (Wildman–Crippen MR) is 74.8 cm³/mol. The van der Waals surface area contributed by atoms with Crippen LogP contribution in [0.4, 0.5) is 0 Å². The van der Waals surface area contributed by atoms with Crippen LogP contribution in [-0.4, -0.2) is 54.9 Å². The average Bonchev–Trinajstić information content (AvgIpc) is 2.46. The lowest BCUT2D eigenvalue weighted by Crippen LogP contribution is -2.51. The molecule has 1 aliphatic rings. The summed E-state index contributed by atoms with van der Waals surface area (Å²) in [6, 6.07) is 5.61. The number of aliphatic hydroxyl groups excluding tert-OH is 1. The summed E-state index contributed by atoms with van der Waals surface area (Å²) in [7, 11) is 0. The second kappa shape index (κ2) is 6.72. The largest absolute Gasteiger partial charge is 0.483 e. The maximum atomic E-state index is 12.2. The highest BCUT2D eigenvalue weighted by Gasteiger charge is 2.27. The number of hydrogen-bond donors (Lipinski definition) is 1. The molecule has 1 aromatic rings. The van der Waals surface area contributed by atoms with Crippen LogP contribution < -0.4 is 4.74 Å². The fraction of sp³-hybridized carbons (Fsp3) is 0.533. The van der Waals surface area contributed by atoms with Crippen LogP contribution in [0, 0.1) is 13.8 Å². The number of rotatable bonds is 4. The summed E-state index contributed by atoms with van der Waals surface area (Å²) in [6.45, 7) is 5.20. The highest BCUT2D eigenvalue weighted by molar-refractivity contribution is 5.78. The third-order valence-electron chi connectivity index (χ3n) is 3.51. The molecule has 5 heteroatoms. The number of carbonyl (C=O) groups is 1. The number of nitrogens with zero attached hydrogens (tertiary/aromatic N) is 1. The molecule has 1 heterocycles. The maximum Gasteiger partial charge on any atom is 0.260 e. The van der Waals surface area contributed by atoms with Gasteiger partial charge in [-0.15, -0.1) is 0 Å². The molecule has 1 atom stereocenters. The lowest BCUT2D eigenvalue weighted by molar-refractivity contribution is -0.143. The highest BCUT2D eigenvalue weighted by Crippen LogP contribution is 2.22. The Balaban J connectivity index is 1.98. The van der Waals surface area contributed by atoms with Crippen molar-refractivity contribution < 1.29 is 19.4 Å². The summed E-state index contributed by atoms with van der Waals surface area (Å²) in [6.07, 6.45) is 0. The molecule has 20 heavy (non-hydrogen) atoms. The van der Waals surface area contributed by atoms with Gasteiger partial charge in [-0.3, -0.25) is 4.79 Å². The first-order valence-corrected chi connectivity index (χ1v) is 6.80. The summed E-state index contributed by atoms with van der Waals surface area (Å²) in [5.74, 6) is 0.643. The number of para-hydroxylation sites is 1. The topological polar surface area (TPSA) is 59.0 Å². The van der Waals surface area contributed by atoms with Gasteiger partial charge >= 0.3 is 0 Å². The zero-order valence-corrected chi connectivity index (χ0v) is 12.0. The van der Waals surface area contributed by atoms with Crippen molar-refractivity contribution in [3.8, 4) is 5.75 Å². The van der Waals surface area contributed by atoms with E-state index in [4.69, 9.17) is 9.47 Å². The van der Waals surface area contributed by atoms with Gasteiger partial charge in [0.2, 0.25) is 0 Å². The molecule has 1 aliphatic heterocycles. The van der Waals surface area contributed by atoms with Crippen LogP contribution in [0.15, 0.2) is 18.2 Å². The van der Waals surface area contributed by atoms with E-state index in [0.29, 0.717) is 19.8 Å². The molecule has 0 aromatic heterocycles. The Morgan fingerprint density at radius 2 is 2.15 bits per heavy atom. The van der Waals surface area contributed by atoms with Gasteiger partial charge in [-0.1, -0.05) is 18.2 Å². The molecule has 1 unspecified atom stereocenters. The number of carbonyl (C=O) groups excluding carboxylic acids is 1. The molecule has 1 amide bonds. The van der Waals surface area contributed by atoms with Crippen molar-refractivity contribution in [2.75, 3.05) is 33.0 Å². The van der Waals surface area contributed by atoms with Crippen LogP contribution in [0.25, 0.3) is 0 Å². The standard InChI is InChI=1S/C15H21NO4/c1-11-4-3-5-12(2)15(11)20-10-14(18)16-6-7-19-9-13(16)8-17/h3-5,13,17H,6-10H2,1-2H3.